The zero-order valence-electron chi connectivity index (χ0n) is 20.1. The summed E-state index contributed by atoms with van der Waals surface area (Å²) in [4.78, 5) is 49.8. The first kappa shape index (κ1) is 26.8. The second kappa shape index (κ2) is 11.8. The van der Waals surface area contributed by atoms with Crippen molar-refractivity contribution in [3.05, 3.63) is 51.5 Å². The van der Waals surface area contributed by atoms with Gasteiger partial charge in [0, 0.05) is 0 Å². The molecule has 1 aromatic carbocycles. The van der Waals surface area contributed by atoms with Crippen LogP contribution < -0.4 is 14.8 Å². The Kier molecular flexibility index (Phi) is 8.75. The number of esters is 2. The minimum absolute atomic E-state index is 0.0302. The minimum atomic E-state index is -0.879. The van der Waals surface area contributed by atoms with Crippen LogP contribution in [0.3, 0.4) is 0 Å². The van der Waals surface area contributed by atoms with Gasteiger partial charge in [-0.1, -0.05) is 0 Å². The maximum atomic E-state index is 12.9. The maximum absolute atomic E-state index is 12.9. The van der Waals surface area contributed by atoms with Crippen molar-refractivity contribution >= 4 is 45.9 Å². The van der Waals surface area contributed by atoms with E-state index in [1.165, 1.54) is 25.3 Å². The van der Waals surface area contributed by atoms with Gasteiger partial charge in [0.25, 0.3) is 5.91 Å². The molecule has 2 aromatic rings. The van der Waals surface area contributed by atoms with Crippen LogP contribution in [-0.4, -0.2) is 55.2 Å². The smallest absolute Gasteiger partial charge is 0.373 e. The number of carbonyl (C=O) groups excluding carboxylic acids is 4. The first-order valence-corrected chi connectivity index (χ1v) is 11.8. The topological polar surface area (TPSA) is 134 Å². The molecule has 0 saturated carbocycles. The summed E-state index contributed by atoms with van der Waals surface area (Å²) in [6.07, 6.45) is 0.601. The number of halogens is 1. The average molecular weight is 565 g/mol. The Balaban J connectivity index is 1.82. The van der Waals surface area contributed by atoms with Crippen LogP contribution in [0.4, 0.5) is 4.79 Å². The van der Waals surface area contributed by atoms with Crippen molar-refractivity contribution in [1.82, 2.24) is 10.2 Å². The van der Waals surface area contributed by atoms with E-state index in [-0.39, 0.29) is 30.4 Å². The number of carbonyl (C=O) groups is 4. The summed E-state index contributed by atoms with van der Waals surface area (Å²) in [7, 11) is 1.22. The highest BCUT2D eigenvalue weighted by Gasteiger charge is 2.34. The molecule has 2 heterocycles. The van der Waals surface area contributed by atoms with E-state index in [9.17, 15) is 19.2 Å². The molecule has 0 spiro atoms. The summed E-state index contributed by atoms with van der Waals surface area (Å²) >= 11 is 3.42. The van der Waals surface area contributed by atoms with Crippen molar-refractivity contribution < 1.29 is 42.5 Å². The second-order valence-electron chi connectivity index (χ2n) is 7.41. The summed E-state index contributed by atoms with van der Waals surface area (Å²) in [6, 6.07) is 5.51. The number of ether oxygens (including phenoxy) is 4. The summed E-state index contributed by atoms with van der Waals surface area (Å²) in [6.45, 7) is 5.41. The Bertz CT molecular complexity index is 1200. The van der Waals surface area contributed by atoms with Gasteiger partial charge in [0.05, 0.1) is 31.3 Å². The number of nitrogens with one attached hydrogen (secondary N) is 1. The second-order valence-corrected chi connectivity index (χ2v) is 8.27. The summed E-state index contributed by atoms with van der Waals surface area (Å²) in [5.41, 5.74) is 0.556. The number of rotatable bonds is 10. The van der Waals surface area contributed by atoms with Crippen molar-refractivity contribution in [2.24, 2.45) is 0 Å². The quantitative estimate of drug-likeness (QED) is 0.260. The number of benzene rings is 1. The summed E-state index contributed by atoms with van der Waals surface area (Å²) in [5, 5.41) is 2.53. The average Bonchev–Trinajstić information content (AvgIpc) is 3.41. The van der Waals surface area contributed by atoms with Crippen LogP contribution in [0.5, 0.6) is 11.5 Å². The van der Waals surface area contributed by atoms with E-state index in [0.717, 1.165) is 4.90 Å². The van der Waals surface area contributed by atoms with Crippen molar-refractivity contribution in [2.45, 2.75) is 33.4 Å². The van der Waals surface area contributed by atoms with Gasteiger partial charge in [0.2, 0.25) is 5.76 Å². The van der Waals surface area contributed by atoms with E-state index < -0.39 is 30.0 Å². The lowest BCUT2D eigenvalue weighted by Gasteiger charge is -2.18. The Morgan fingerprint density at radius 3 is 2.61 bits per heavy atom. The van der Waals surface area contributed by atoms with Crippen LogP contribution in [0.2, 0.25) is 0 Å². The van der Waals surface area contributed by atoms with Crippen molar-refractivity contribution in [2.75, 3.05) is 20.3 Å². The normalized spacial score (nSPS) is 15.0. The third kappa shape index (κ3) is 6.06. The first-order valence-electron chi connectivity index (χ1n) is 11.0. The standard InChI is InChI=1S/C24H25BrN2O9/c1-5-33-19-11-14(9-16(25)20(19)35-13(3)22(29)34-6-2)10-17-21(28)27(24(31)26-17)12-15-7-8-18(36-15)23(30)32-4/h7-11,13H,5-6,12H2,1-4H3,(H,26,31)/b17-10-/t13-/m0/s1. The van der Waals surface area contributed by atoms with Crippen LogP contribution >= 0.6 is 15.9 Å². The Morgan fingerprint density at radius 1 is 1.19 bits per heavy atom. The molecule has 1 atom stereocenters. The van der Waals surface area contributed by atoms with Gasteiger partial charge in [-0.25, -0.2) is 14.4 Å². The molecular weight excluding hydrogens is 540 g/mol. The Morgan fingerprint density at radius 2 is 1.94 bits per heavy atom. The van der Waals surface area contributed by atoms with Crippen LogP contribution in [-0.2, 0) is 25.6 Å². The molecule has 1 N–H and O–H groups in total. The Labute approximate surface area is 215 Å². The van der Waals surface area contributed by atoms with Crippen LogP contribution in [0, 0.1) is 0 Å². The van der Waals surface area contributed by atoms with E-state index in [1.54, 1.807) is 32.9 Å². The highest BCUT2D eigenvalue weighted by atomic mass is 79.9. The van der Waals surface area contributed by atoms with Gasteiger partial charge in [0.1, 0.15) is 11.5 Å². The fourth-order valence-corrected chi connectivity index (χ4v) is 3.80. The van der Waals surface area contributed by atoms with Gasteiger partial charge >= 0.3 is 18.0 Å². The molecule has 36 heavy (non-hydrogen) atoms. The van der Waals surface area contributed by atoms with Gasteiger partial charge in [0.15, 0.2) is 17.6 Å². The van der Waals surface area contributed by atoms with Gasteiger partial charge in [-0.15, -0.1) is 0 Å². The molecule has 1 aliphatic rings. The number of urea groups is 1. The summed E-state index contributed by atoms with van der Waals surface area (Å²) in [5.74, 6) is -0.952. The van der Waals surface area contributed by atoms with Gasteiger partial charge in [-0.05, 0) is 72.6 Å². The first-order chi connectivity index (χ1) is 17.2. The molecule has 0 bridgehead atoms. The zero-order valence-corrected chi connectivity index (χ0v) is 21.7. The van der Waals surface area contributed by atoms with Crippen molar-refractivity contribution in [3.63, 3.8) is 0 Å². The van der Waals surface area contributed by atoms with E-state index in [2.05, 4.69) is 26.0 Å². The minimum Gasteiger partial charge on any atom is -0.490 e. The van der Waals surface area contributed by atoms with Gasteiger partial charge < -0.3 is 28.7 Å². The lowest BCUT2D eigenvalue weighted by Crippen LogP contribution is -2.30. The zero-order chi connectivity index (χ0) is 26.4. The molecule has 0 unspecified atom stereocenters. The molecular formula is C24H25BrN2O9. The third-order valence-electron chi connectivity index (χ3n) is 4.88. The number of hydrogen-bond donors (Lipinski definition) is 1. The van der Waals surface area contributed by atoms with Gasteiger partial charge in [-0.2, -0.15) is 0 Å². The summed E-state index contributed by atoms with van der Waals surface area (Å²) < 4.78 is 26.8. The molecule has 192 valence electrons. The maximum Gasteiger partial charge on any atom is 0.373 e. The predicted octanol–water partition coefficient (Wildman–Crippen LogP) is 3.65. The Hall–Kier alpha value is -3.80. The van der Waals surface area contributed by atoms with Crippen LogP contribution in [0.1, 0.15) is 42.6 Å². The molecule has 1 aliphatic heterocycles. The number of furan rings is 1. The molecule has 0 aliphatic carbocycles. The number of imide groups is 1. The fraction of sp³-hybridized carbons (Fsp3) is 0.333. The molecule has 1 fully saturated rings. The number of hydrogen-bond acceptors (Lipinski definition) is 9. The lowest BCUT2D eigenvalue weighted by atomic mass is 10.1. The van der Waals surface area contributed by atoms with E-state index in [0.29, 0.717) is 28.1 Å². The highest BCUT2D eigenvalue weighted by Crippen LogP contribution is 2.38. The molecule has 1 aromatic heterocycles. The van der Waals surface area contributed by atoms with Crippen molar-refractivity contribution in [1.29, 1.82) is 0 Å². The van der Waals surface area contributed by atoms with Crippen molar-refractivity contribution in [3.8, 4) is 11.5 Å². The molecule has 11 nitrogen and oxygen atoms in total. The largest absolute Gasteiger partial charge is 0.490 e. The highest BCUT2D eigenvalue weighted by molar-refractivity contribution is 9.10. The SMILES string of the molecule is CCOC(=O)[C@H](C)Oc1c(Br)cc(/C=C2\NC(=O)N(Cc3ccc(C(=O)OC)o3)C2=O)cc1OCC. The van der Waals surface area contributed by atoms with E-state index >= 15 is 0 Å². The molecule has 1 saturated heterocycles. The fourth-order valence-electron chi connectivity index (χ4n) is 3.24. The van der Waals surface area contributed by atoms with Gasteiger partial charge in [-0.3, -0.25) is 9.69 Å². The molecule has 0 radical (unpaired) electrons. The lowest BCUT2D eigenvalue weighted by molar-refractivity contribution is -0.150. The number of amides is 3. The number of nitrogens with zero attached hydrogens (tertiary/aromatic N) is 1. The monoisotopic (exact) mass is 564 g/mol. The van der Waals surface area contributed by atoms with E-state index in [4.69, 9.17) is 18.6 Å². The van der Waals surface area contributed by atoms with E-state index in [1.807, 2.05) is 0 Å². The molecule has 12 heteroatoms. The molecule has 3 amide bonds. The third-order valence-corrected chi connectivity index (χ3v) is 5.47. The van der Waals surface area contributed by atoms with Crippen LogP contribution in [0.15, 0.2) is 38.9 Å². The predicted molar refractivity (Wildman–Crippen MR) is 129 cm³/mol. The number of methoxy groups -OCH3 is 1. The van der Waals surface area contributed by atoms with Crippen LogP contribution in [0.25, 0.3) is 6.08 Å². The molecule has 3 rings (SSSR count).